The molecule has 6 nitrogen and oxygen atoms in total. The Morgan fingerprint density at radius 3 is 2.72 bits per heavy atom. The molecular weight excluding hydrogens is 362 g/mol. The first-order valence-electron chi connectivity index (χ1n) is 10.6. The van der Waals surface area contributed by atoms with E-state index in [0.717, 1.165) is 43.1 Å². The van der Waals surface area contributed by atoms with Crippen molar-refractivity contribution in [2.24, 2.45) is 0 Å². The number of hydrogen-bond acceptors (Lipinski definition) is 5. The first-order chi connectivity index (χ1) is 14.3. The lowest BCUT2D eigenvalue weighted by Gasteiger charge is -2.29. The van der Waals surface area contributed by atoms with E-state index in [1.807, 2.05) is 18.3 Å². The first-order valence-corrected chi connectivity index (χ1v) is 10.6. The zero-order chi connectivity index (χ0) is 19.6. The first kappa shape index (κ1) is 18.3. The van der Waals surface area contributed by atoms with Crippen molar-refractivity contribution in [3.63, 3.8) is 0 Å². The molecule has 1 aliphatic heterocycles. The summed E-state index contributed by atoms with van der Waals surface area (Å²) in [4.78, 5) is 12.1. The predicted octanol–water partition coefficient (Wildman–Crippen LogP) is 4.18. The van der Waals surface area contributed by atoms with Gasteiger partial charge in [0.25, 0.3) is 0 Å². The van der Waals surface area contributed by atoms with Crippen molar-refractivity contribution in [1.82, 2.24) is 25.1 Å². The Balaban J connectivity index is 1.30. The molecule has 6 heteroatoms. The van der Waals surface area contributed by atoms with E-state index >= 15 is 0 Å². The van der Waals surface area contributed by atoms with E-state index in [9.17, 15) is 5.11 Å². The molecule has 0 bridgehead atoms. The average Bonchev–Trinajstić information content (AvgIpc) is 3.22. The van der Waals surface area contributed by atoms with Gasteiger partial charge in [-0.3, -0.25) is 10.00 Å². The minimum atomic E-state index is 0.273. The Morgan fingerprint density at radius 2 is 1.90 bits per heavy atom. The van der Waals surface area contributed by atoms with Crippen molar-refractivity contribution < 1.29 is 5.11 Å². The van der Waals surface area contributed by atoms with E-state index in [1.165, 1.54) is 48.9 Å². The van der Waals surface area contributed by atoms with Crippen molar-refractivity contribution in [3.05, 3.63) is 59.3 Å². The van der Waals surface area contributed by atoms with Crippen LogP contribution in [0.5, 0.6) is 5.75 Å². The zero-order valence-corrected chi connectivity index (χ0v) is 16.6. The molecule has 0 radical (unpaired) electrons. The number of benzene rings is 1. The van der Waals surface area contributed by atoms with Gasteiger partial charge in [0, 0.05) is 60.6 Å². The van der Waals surface area contributed by atoms with E-state index in [0.29, 0.717) is 5.92 Å². The molecule has 1 fully saturated rings. The molecule has 150 valence electrons. The van der Waals surface area contributed by atoms with Gasteiger partial charge in [0.2, 0.25) is 0 Å². The number of hydrogen-bond donors (Lipinski definition) is 2. The summed E-state index contributed by atoms with van der Waals surface area (Å²) in [5, 5.41) is 16.9. The van der Waals surface area contributed by atoms with Gasteiger partial charge in [0.1, 0.15) is 11.6 Å². The maximum absolute atomic E-state index is 9.53. The second kappa shape index (κ2) is 7.95. The third-order valence-corrected chi connectivity index (χ3v) is 6.27. The third kappa shape index (κ3) is 3.90. The van der Waals surface area contributed by atoms with Gasteiger partial charge < -0.3 is 5.11 Å². The number of rotatable bonds is 4. The maximum atomic E-state index is 9.53. The number of nitrogens with zero attached hydrogens (tertiary/aromatic N) is 4. The van der Waals surface area contributed by atoms with E-state index in [1.54, 1.807) is 12.1 Å². The Hall–Kier alpha value is -2.73. The van der Waals surface area contributed by atoms with Crippen LogP contribution in [0, 0.1) is 0 Å². The smallest absolute Gasteiger partial charge is 0.131 e. The lowest BCUT2D eigenvalue weighted by Crippen LogP contribution is -2.31. The summed E-state index contributed by atoms with van der Waals surface area (Å²) < 4.78 is 0. The monoisotopic (exact) mass is 389 g/mol. The number of fused-ring (bicyclic) bond motifs is 1. The van der Waals surface area contributed by atoms with Crippen LogP contribution < -0.4 is 0 Å². The number of nitrogens with one attached hydrogen (secondary N) is 1. The number of phenolic OH excluding ortho intramolecular Hbond substituents is 1. The van der Waals surface area contributed by atoms with E-state index in [4.69, 9.17) is 9.97 Å². The lowest BCUT2D eigenvalue weighted by atomic mass is 9.88. The van der Waals surface area contributed by atoms with Gasteiger partial charge >= 0.3 is 0 Å². The highest BCUT2D eigenvalue weighted by Gasteiger charge is 2.23. The molecule has 0 unspecified atom stereocenters. The van der Waals surface area contributed by atoms with Crippen LogP contribution in [0.25, 0.3) is 11.3 Å². The SMILES string of the molecule is Oc1ccc(-c2[nH]ncc2CN2CCc3nc(C4CCCCC4)ncc3C2)cc1. The highest BCUT2D eigenvalue weighted by Crippen LogP contribution is 2.32. The fourth-order valence-corrected chi connectivity index (χ4v) is 4.63. The van der Waals surface area contributed by atoms with Crippen LogP contribution in [0.2, 0.25) is 0 Å². The molecule has 5 rings (SSSR count). The second-order valence-electron chi connectivity index (χ2n) is 8.31. The summed E-state index contributed by atoms with van der Waals surface area (Å²) in [6, 6.07) is 7.24. The molecule has 2 N–H and O–H groups in total. The van der Waals surface area contributed by atoms with Crippen LogP contribution >= 0.6 is 0 Å². The van der Waals surface area contributed by atoms with Gasteiger partial charge in [-0.05, 0) is 37.1 Å². The van der Waals surface area contributed by atoms with Crippen LogP contribution in [0.1, 0.15) is 60.7 Å². The third-order valence-electron chi connectivity index (χ3n) is 6.27. The van der Waals surface area contributed by atoms with E-state index in [-0.39, 0.29) is 5.75 Å². The zero-order valence-electron chi connectivity index (χ0n) is 16.6. The Bertz CT molecular complexity index is 975. The molecule has 3 aromatic rings. The highest BCUT2D eigenvalue weighted by molar-refractivity contribution is 5.63. The number of aromatic nitrogens is 4. The number of H-pyrrole nitrogens is 1. The molecule has 2 aliphatic rings. The topological polar surface area (TPSA) is 77.9 Å². The van der Waals surface area contributed by atoms with Gasteiger partial charge in [-0.2, -0.15) is 5.10 Å². The summed E-state index contributed by atoms with van der Waals surface area (Å²) in [5.41, 5.74) is 5.71. The highest BCUT2D eigenvalue weighted by atomic mass is 16.3. The quantitative estimate of drug-likeness (QED) is 0.700. The molecule has 1 saturated carbocycles. The number of aromatic hydroxyl groups is 1. The standard InChI is InChI=1S/C23H27N5O/c29-20-8-6-16(7-9-20)22-19(13-25-27-22)15-28-11-10-21-18(14-28)12-24-23(26-21)17-4-2-1-3-5-17/h6-9,12-13,17,29H,1-5,10-11,14-15H2,(H,25,27). The van der Waals surface area contributed by atoms with Crippen LogP contribution in [-0.2, 0) is 19.5 Å². The van der Waals surface area contributed by atoms with Crippen LogP contribution in [-0.4, -0.2) is 36.7 Å². The maximum Gasteiger partial charge on any atom is 0.131 e. The molecule has 0 atom stereocenters. The molecular formula is C23H27N5O. The summed E-state index contributed by atoms with van der Waals surface area (Å²) in [6.45, 7) is 2.70. The predicted molar refractivity (Wildman–Crippen MR) is 111 cm³/mol. The van der Waals surface area contributed by atoms with Gasteiger partial charge in [-0.15, -0.1) is 0 Å². The molecule has 1 aromatic carbocycles. The summed E-state index contributed by atoms with van der Waals surface area (Å²) >= 11 is 0. The van der Waals surface area contributed by atoms with Crippen LogP contribution in [0.3, 0.4) is 0 Å². The fourth-order valence-electron chi connectivity index (χ4n) is 4.63. The van der Waals surface area contributed by atoms with Gasteiger partial charge in [0.05, 0.1) is 11.9 Å². The minimum Gasteiger partial charge on any atom is -0.508 e. The van der Waals surface area contributed by atoms with Crippen molar-refractivity contribution in [1.29, 1.82) is 0 Å². The fraction of sp³-hybridized carbons (Fsp3) is 0.435. The minimum absolute atomic E-state index is 0.273. The van der Waals surface area contributed by atoms with E-state index < -0.39 is 0 Å². The Kier molecular flexibility index (Phi) is 5.02. The van der Waals surface area contributed by atoms with E-state index in [2.05, 4.69) is 21.3 Å². The molecule has 0 spiro atoms. The lowest BCUT2D eigenvalue weighted by molar-refractivity contribution is 0.242. The largest absolute Gasteiger partial charge is 0.508 e. The van der Waals surface area contributed by atoms with Gasteiger partial charge in [-0.25, -0.2) is 9.97 Å². The normalized spacial score (nSPS) is 17.9. The van der Waals surface area contributed by atoms with Gasteiger partial charge in [0.15, 0.2) is 0 Å². The Labute approximate surface area is 171 Å². The number of aromatic amines is 1. The molecule has 2 aromatic heterocycles. The van der Waals surface area contributed by atoms with Gasteiger partial charge in [-0.1, -0.05) is 19.3 Å². The van der Waals surface area contributed by atoms with Crippen LogP contribution in [0.4, 0.5) is 0 Å². The molecule has 3 heterocycles. The van der Waals surface area contributed by atoms with Crippen molar-refractivity contribution >= 4 is 0 Å². The molecule has 1 aliphatic carbocycles. The summed E-state index contributed by atoms with van der Waals surface area (Å²) in [5.74, 6) is 1.90. The molecule has 0 saturated heterocycles. The second-order valence-corrected chi connectivity index (χ2v) is 8.31. The van der Waals surface area contributed by atoms with Crippen molar-refractivity contribution in [3.8, 4) is 17.0 Å². The Morgan fingerprint density at radius 1 is 1.07 bits per heavy atom. The average molecular weight is 390 g/mol. The molecule has 0 amide bonds. The van der Waals surface area contributed by atoms with Crippen molar-refractivity contribution in [2.45, 2.75) is 57.5 Å². The summed E-state index contributed by atoms with van der Waals surface area (Å²) in [7, 11) is 0. The molecule has 29 heavy (non-hydrogen) atoms. The van der Waals surface area contributed by atoms with Crippen molar-refractivity contribution in [2.75, 3.05) is 6.54 Å². The van der Waals surface area contributed by atoms with Crippen LogP contribution in [0.15, 0.2) is 36.7 Å². The summed E-state index contributed by atoms with van der Waals surface area (Å²) in [6.07, 6.45) is 11.4. The number of phenols is 1.